The average molecular weight is 224 g/mol. The fourth-order valence-corrected chi connectivity index (χ4v) is 3.35. The Morgan fingerprint density at radius 3 is 2.44 bits per heavy atom. The van der Waals surface area contributed by atoms with Crippen molar-refractivity contribution in [2.24, 2.45) is 17.6 Å². The van der Waals surface area contributed by atoms with Crippen LogP contribution < -0.4 is 5.73 Å². The molecule has 1 saturated carbocycles. The van der Waals surface area contributed by atoms with Crippen LogP contribution in [0.5, 0.6) is 0 Å². The predicted octanol–water partition coefficient (Wildman–Crippen LogP) is 2.63. The number of nitrogens with two attached hydrogens (primary N) is 1. The van der Waals surface area contributed by atoms with E-state index in [1.54, 1.807) is 0 Å². The highest BCUT2D eigenvalue weighted by molar-refractivity contribution is 4.91. The second-order valence-corrected chi connectivity index (χ2v) is 6.40. The summed E-state index contributed by atoms with van der Waals surface area (Å²) in [7, 11) is 0. The van der Waals surface area contributed by atoms with E-state index in [9.17, 15) is 0 Å². The molecule has 16 heavy (non-hydrogen) atoms. The van der Waals surface area contributed by atoms with E-state index >= 15 is 0 Å². The van der Waals surface area contributed by atoms with Crippen LogP contribution in [-0.2, 0) is 0 Å². The minimum Gasteiger partial charge on any atom is -0.324 e. The lowest BCUT2D eigenvalue weighted by molar-refractivity contribution is 0.0988. The van der Waals surface area contributed by atoms with Gasteiger partial charge in [0.15, 0.2) is 0 Å². The van der Waals surface area contributed by atoms with Gasteiger partial charge in [0.2, 0.25) is 0 Å². The van der Waals surface area contributed by atoms with Gasteiger partial charge in [0.05, 0.1) is 0 Å². The van der Waals surface area contributed by atoms with Crippen molar-refractivity contribution in [3.63, 3.8) is 0 Å². The van der Waals surface area contributed by atoms with Gasteiger partial charge in [-0.2, -0.15) is 0 Å². The number of likely N-dealkylation sites (tertiary alicyclic amines) is 1. The standard InChI is InChI=1S/C14H28N2/c1-12-6-9-16(10-13(12)2)11-14(15)7-4-3-5-8-14/h12-13H,3-11,15H2,1-2H3. The van der Waals surface area contributed by atoms with Gasteiger partial charge >= 0.3 is 0 Å². The van der Waals surface area contributed by atoms with Gasteiger partial charge in [-0.1, -0.05) is 33.1 Å². The van der Waals surface area contributed by atoms with E-state index in [1.165, 1.54) is 51.6 Å². The molecule has 94 valence electrons. The van der Waals surface area contributed by atoms with Gasteiger partial charge in [0.25, 0.3) is 0 Å². The Hall–Kier alpha value is -0.0800. The van der Waals surface area contributed by atoms with Gasteiger partial charge in [0, 0.05) is 18.6 Å². The van der Waals surface area contributed by atoms with Crippen LogP contribution in [0.25, 0.3) is 0 Å². The summed E-state index contributed by atoms with van der Waals surface area (Å²) in [5.41, 5.74) is 6.67. The maximum atomic E-state index is 6.53. The van der Waals surface area contributed by atoms with Crippen LogP contribution in [-0.4, -0.2) is 30.1 Å². The lowest BCUT2D eigenvalue weighted by Gasteiger charge is -2.42. The molecule has 1 heterocycles. The zero-order valence-corrected chi connectivity index (χ0v) is 11.0. The molecular formula is C14H28N2. The molecule has 2 fully saturated rings. The molecule has 2 heteroatoms. The molecule has 2 N–H and O–H groups in total. The molecule has 1 aliphatic carbocycles. The molecule has 1 saturated heterocycles. The van der Waals surface area contributed by atoms with Crippen LogP contribution in [0.3, 0.4) is 0 Å². The van der Waals surface area contributed by atoms with E-state index < -0.39 is 0 Å². The van der Waals surface area contributed by atoms with Crippen molar-refractivity contribution in [1.29, 1.82) is 0 Å². The van der Waals surface area contributed by atoms with Gasteiger partial charge in [-0.15, -0.1) is 0 Å². The second-order valence-electron chi connectivity index (χ2n) is 6.40. The van der Waals surface area contributed by atoms with E-state index in [0.717, 1.165) is 18.4 Å². The van der Waals surface area contributed by atoms with Crippen molar-refractivity contribution in [2.75, 3.05) is 19.6 Å². The summed E-state index contributed by atoms with van der Waals surface area (Å²) in [6.45, 7) is 8.45. The maximum Gasteiger partial charge on any atom is 0.0283 e. The second kappa shape index (κ2) is 5.05. The Morgan fingerprint density at radius 1 is 1.12 bits per heavy atom. The lowest BCUT2D eigenvalue weighted by atomic mass is 9.81. The van der Waals surface area contributed by atoms with Gasteiger partial charge in [-0.3, -0.25) is 0 Å². The van der Waals surface area contributed by atoms with Gasteiger partial charge in [0.1, 0.15) is 0 Å². The number of piperidine rings is 1. The normalized spacial score (nSPS) is 36.2. The third kappa shape index (κ3) is 2.98. The monoisotopic (exact) mass is 224 g/mol. The SMILES string of the molecule is CC1CCN(CC2(N)CCCCC2)CC1C. The van der Waals surface area contributed by atoms with E-state index in [4.69, 9.17) is 5.73 Å². The van der Waals surface area contributed by atoms with E-state index in [1.807, 2.05) is 0 Å². The summed E-state index contributed by atoms with van der Waals surface area (Å²) in [5.74, 6) is 1.75. The molecule has 1 aliphatic heterocycles. The lowest BCUT2D eigenvalue weighted by Crippen LogP contribution is -2.53. The van der Waals surface area contributed by atoms with Crippen molar-refractivity contribution < 1.29 is 0 Å². The van der Waals surface area contributed by atoms with Crippen LogP contribution in [0.4, 0.5) is 0 Å². The Balaban J connectivity index is 1.84. The van der Waals surface area contributed by atoms with Crippen molar-refractivity contribution in [3.8, 4) is 0 Å². The summed E-state index contributed by atoms with van der Waals surface area (Å²) in [4.78, 5) is 2.62. The molecule has 2 unspecified atom stereocenters. The minimum atomic E-state index is 0.137. The summed E-state index contributed by atoms with van der Waals surface area (Å²) < 4.78 is 0. The Morgan fingerprint density at radius 2 is 1.81 bits per heavy atom. The predicted molar refractivity (Wildman–Crippen MR) is 69.4 cm³/mol. The van der Waals surface area contributed by atoms with Gasteiger partial charge in [-0.05, 0) is 37.6 Å². The molecule has 0 aromatic heterocycles. The first-order valence-corrected chi connectivity index (χ1v) is 7.10. The third-order valence-electron chi connectivity index (χ3n) is 4.81. The molecule has 2 atom stereocenters. The fourth-order valence-electron chi connectivity index (χ4n) is 3.35. The van der Waals surface area contributed by atoms with Crippen LogP contribution in [0, 0.1) is 11.8 Å². The maximum absolute atomic E-state index is 6.53. The number of nitrogens with zero attached hydrogens (tertiary/aromatic N) is 1. The van der Waals surface area contributed by atoms with E-state index in [0.29, 0.717) is 0 Å². The molecular weight excluding hydrogens is 196 g/mol. The highest BCUT2D eigenvalue weighted by Gasteiger charge is 2.32. The Bertz CT molecular complexity index is 221. The largest absolute Gasteiger partial charge is 0.324 e. The van der Waals surface area contributed by atoms with Crippen LogP contribution >= 0.6 is 0 Å². The molecule has 0 aromatic carbocycles. The number of rotatable bonds is 2. The minimum absolute atomic E-state index is 0.137. The van der Waals surface area contributed by atoms with Crippen molar-refractivity contribution >= 4 is 0 Å². The van der Waals surface area contributed by atoms with Crippen LogP contribution in [0.2, 0.25) is 0 Å². The van der Waals surface area contributed by atoms with Gasteiger partial charge in [-0.25, -0.2) is 0 Å². The van der Waals surface area contributed by atoms with Crippen molar-refractivity contribution in [1.82, 2.24) is 4.90 Å². The topological polar surface area (TPSA) is 29.3 Å². The molecule has 0 bridgehead atoms. The summed E-state index contributed by atoms with van der Waals surface area (Å²) in [6.07, 6.45) is 7.93. The molecule has 0 spiro atoms. The quantitative estimate of drug-likeness (QED) is 0.781. The summed E-state index contributed by atoms with van der Waals surface area (Å²) in [5, 5.41) is 0. The van der Waals surface area contributed by atoms with E-state index in [-0.39, 0.29) is 5.54 Å². The van der Waals surface area contributed by atoms with Crippen molar-refractivity contribution in [3.05, 3.63) is 0 Å². The van der Waals surface area contributed by atoms with Crippen molar-refractivity contribution in [2.45, 2.75) is 57.9 Å². The number of hydrogen-bond acceptors (Lipinski definition) is 2. The zero-order valence-electron chi connectivity index (χ0n) is 11.0. The average Bonchev–Trinajstić information content (AvgIpc) is 2.24. The zero-order chi connectivity index (χ0) is 11.6. The Kier molecular flexibility index (Phi) is 3.91. The Labute approximate surface area is 101 Å². The fraction of sp³-hybridized carbons (Fsp3) is 1.00. The summed E-state index contributed by atoms with van der Waals surface area (Å²) >= 11 is 0. The van der Waals surface area contributed by atoms with Crippen LogP contribution in [0.15, 0.2) is 0 Å². The highest BCUT2D eigenvalue weighted by atomic mass is 15.2. The molecule has 2 rings (SSSR count). The smallest absolute Gasteiger partial charge is 0.0283 e. The molecule has 2 aliphatic rings. The first-order valence-electron chi connectivity index (χ1n) is 7.10. The third-order valence-corrected chi connectivity index (χ3v) is 4.81. The molecule has 0 radical (unpaired) electrons. The number of hydrogen-bond donors (Lipinski definition) is 1. The first-order chi connectivity index (χ1) is 7.59. The van der Waals surface area contributed by atoms with Crippen LogP contribution in [0.1, 0.15) is 52.4 Å². The highest BCUT2D eigenvalue weighted by Crippen LogP contribution is 2.29. The molecule has 2 nitrogen and oxygen atoms in total. The first kappa shape index (κ1) is 12.4. The molecule has 0 aromatic rings. The molecule has 0 amide bonds. The van der Waals surface area contributed by atoms with Gasteiger partial charge < -0.3 is 10.6 Å². The van der Waals surface area contributed by atoms with E-state index in [2.05, 4.69) is 18.7 Å². The summed E-state index contributed by atoms with van der Waals surface area (Å²) in [6, 6.07) is 0.